The molecule has 2 aromatic rings. The highest BCUT2D eigenvalue weighted by atomic mass is 32.1. The number of halogens is 3. The van der Waals surface area contributed by atoms with E-state index in [-0.39, 0.29) is 6.54 Å². The van der Waals surface area contributed by atoms with Crippen molar-refractivity contribution >= 4 is 27.3 Å². The van der Waals surface area contributed by atoms with Crippen LogP contribution in [0.3, 0.4) is 0 Å². The van der Waals surface area contributed by atoms with Gasteiger partial charge in [-0.2, -0.15) is 13.2 Å². The molecule has 2 rings (SSSR count). The predicted molar refractivity (Wildman–Crippen MR) is 82.1 cm³/mol. The number of amides is 1. The summed E-state index contributed by atoms with van der Waals surface area (Å²) in [6.45, 7) is 1.52. The first-order valence-electron chi connectivity index (χ1n) is 6.84. The number of thiophene rings is 1. The van der Waals surface area contributed by atoms with Crippen molar-refractivity contribution in [3.05, 3.63) is 28.6 Å². The fourth-order valence-electron chi connectivity index (χ4n) is 2.11. The third kappa shape index (κ3) is 3.94. The predicted octanol–water partition coefficient (Wildman–Crippen LogP) is 3.26. The molecule has 1 aromatic carbocycles. The zero-order chi connectivity index (χ0) is 17.2. The minimum atomic E-state index is -4.67. The summed E-state index contributed by atoms with van der Waals surface area (Å²) in [6.07, 6.45) is -7.68. The fraction of sp³-hybridized carbons (Fsp3) is 0.400. The van der Waals surface area contributed by atoms with Gasteiger partial charge in [0.2, 0.25) is 0 Å². The van der Waals surface area contributed by atoms with Crippen molar-refractivity contribution in [2.75, 3.05) is 13.7 Å². The number of methoxy groups -OCH3 is 1. The number of hydrogen-bond acceptors (Lipinski definition) is 4. The second kappa shape index (κ2) is 6.76. The lowest BCUT2D eigenvalue weighted by Gasteiger charge is -2.14. The number of rotatable bonds is 5. The van der Waals surface area contributed by atoms with E-state index in [2.05, 4.69) is 5.32 Å². The topological polar surface area (TPSA) is 58.6 Å². The number of alkyl halides is 3. The first-order valence-corrected chi connectivity index (χ1v) is 7.65. The van der Waals surface area contributed by atoms with Gasteiger partial charge in [-0.25, -0.2) is 0 Å². The molecule has 0 spiro atoms. The highest BCUT2D eigenvalue weighted by Crippen LogP contribution is 2.33. The highest BCUT2D eigenvalue weighted by Gasteiger charge is 2.37. The molecule has 1 heterocycles. The molecule has 8 heteroatoms. The molecule has 0 fully saturated rings. The van der Waals surface area contributed by atoms with Crippen LogP contribution in [-0.2, 0) is 0 Å². The Kier molecular flexibility index (Phi) is 5.16. The molecule has 0 saturated carbocycles. The van der Waals surface area contributed by atoms with E-state index in [1.165, 1.54) is 11.3 Å². The quantitative estimate of drug-likeness (QED) is 0.873. The third-order valence-corrected chi connectivity index (χ3v) is 4.70. The minimum Gasteiger partial charge on any atom is -0.497 e. The van der Waals surface area contributed by atoms with Crippen LogP contribution in [0.2, 0.25) is 0 Å². The second-order valence-corrected chi connectivity index (χ2v) is 6.07. The SMILES string of the molecule is COc1ccc2sc(C(=O)NCC[C@H](O)C(F)(F)F)c(C)c2c1. The zero-order valence-electron chi connectivity index (χ0n) is 12.5. The Morgan fingerprint density at radius 1 is 1.43 bits per heavy atom. The molecule has 1 aromatic heterocycles. The minimum absolute atomic E-state index is 0.253. The van der Waals surface area contributed by atoms with Crippen LogP contribution in [-0.4, -0.2) is 36.9 Å². The number of aliphatic hydroxyl groups is 1. The van der Waals surface area contributed by atoms with Crippen molar-refractivity contribution in [1.29, 1.82) is 0 Å². The number of fused-ring (bicyclic) bond motifs is 1. The molecule has 0 aliphatic carbocycles. The summed E-state index contributed by atoms with van der Waals surface area (Å²) in [4.78, 5) is 12.6. The number of carbonyl (C=O) groups excluding carboxylic acids is 1. The first-order chi connectivity index (χ1) is 10.7. The number of aliphatic hydroxyl groups excluding tert-OH is 1. The van der Waals surface area contributed by atoms with Crippen LogP contribution in [0, 0.1) is 6.92 Å². The Balaban J connectivity index is 2.08. The molecule has 126 valence electrons. The average Bonchev–Trinajstić information content (AvgIpc) is 2.82. The van der Waals surface area contributed by atoms with Crippen LogP contribution in [0.15, 0.2) is 18.2 Å². The van der Waals surface area contributed by atoms with E-state index in [1.807, 2.05) is 12.1 Å². The van der Waals surface area contributed by atoms with Crippen molar-refractivity contribution in [1.82, 2.24) is 5.32 Å². The van der Waals surface area contributed by atoms with Gasteiger partial charge in [0.1, 0.15) is 5.75 Å². The summed E-state index contributed by atoms with van der Waals surface area (Å²) in [5, 5.41) is 12.2. The number of ether oxygens (including phenoxy) is 1. The zero-order valence-corrected chi connectivity index (χ0v) is 13.3. The van der Waals surface area contributed by atoms with Gasteiger partial charge in [0.05, 0.1) is 12.0 Å². The van der Waals surface area contributed by atoms with Gasteiger partial charge < -0.3 is 15.2 Å². The average molecular weight is 347 g/mol. The first kappa shape index (κ1) is 17.6. The maximum atomic E-state index is 12.2. The number of aryl methyl sites for hydroxylation is 1. The van der Waals surface area contributed by atoms with E-state index in [9.17, 15) is 18.0 Å². The third-order valence-electron chi connectivity index (χ3n) is 3.43. The van der Waals surface area contributed by atoms with E-state index in [4.69, 9.17) is 9.84 Å². The highest BCUT2D eigenvalue weighted by molar-refractivity contribution is 7.21. The van der Waals surface area contributed by atoms with Gasteiger partial charge in [-0.1, -0.05) is 0 Å². The molecule has 0 bridgehead atoms. The largest absolute Gasteiger partial charge is 0.497 e. The van der Waals surface area contributed by atoms with E-state index in [0.29, 0.717) is 10.6 Å². The molecule has 1 atom stereocenters. The van der Waals surface area contributed by atoms with Gasteiger partial charge in [-0.05, 0) is 42.5 Å². The number of carbonyl (C=O) groups is 1. The molecular formula is C15H16F3NO3S. The summed E-state index contributed by atoms with van der Waals surface area (Å²) in [5.41, 5.74) is 0.748. The van der Waals surface area contributed by atoms with Crippen LogP contribution < -0.4 is 10.1 Å². The van der Waals surface area contributed by atoms with Crippen molar-refractivity contribution in [2.24, 2.45) is 0 Å². The van der Waals surface area contributed by atoms with Crippen molar-refractivity contribution in [3.8, 4) is 5.75 Å². The Morgan fingerprint density at radius 3 is 2.74 bits per heavy atom. The lowest BCUT2D eigenvalue weighted by molar-refractivity contribution is -0.204. The Bertz CT molecular complexity index is 712. The number of hydrogen-bond donors (Lipinski definition) is 2. The summed E-state index contributed by atoms with van der Waals surface area (Å²) in [6, 6.07) is 5.42. The van der Waals surface area contributed by atoms with E-state index >= 15 is 0 Å². The Hall–Kier alpha value is -1.80. The fourth-order valence-corrected chi connectivity index (χ4v) is 3.22. The number of benzene rings is 1. The smallest absolute Gasteiger partial charge is 0.414 e. The van der Waals surface area contributed by atoms with Gasteiger partial charge in [-0.3, -0.25) is 4.79 Å². The summed E-state index contributed by atoms with van der Waals surface area (Å²) < 4.78 is 42.6. The van der Waals surface area contributed by atoms with Crippen LogP contribution >= 0.6 is 11.3 Å². The van der Waals surface area contributed by atoms with Gasteiger partial charge in [0.15, 0.2) is 6.10 Å². The van der Waals surface area contributed by atoms with Crippen LogP contribution in [0.25, 0.3) is 10.1 Å². The monoisotopic (exact) mass is 347 g/mol. The van der Waals surface area contributed by atoms with Crippen LogP contribution in [0.4, 0.5) is 13.2 Å². The van der Waals surface area contributed by atoms with Gasteiger partial charge >= 0.3 is 6.18 Å². The normalized spacial score (nSPS) is 13.1. The van der Waals surface area contributed by atoms with E-state index in [1.54, 1.807) is 20.1 Å². The van der Waals surface area contributed by atoms with E-state index < -0.39 is 24.6 Å². The van der Waals surface area contributed by atoms with Crippen molar-refractivity contribution in [2.45, 2.75) is 25.6 Å². The van der Waals surface area contributed by atoms with Crippen molar-refractivity contribution in [3.63, 3.8) is 0 Å². The van der Waals surface area contributed by atoms with Crippen LogP contribution in [0.5, 0.6) is 5.75 Å². The molecule has 23 heavy (non-hydrogen) atoms. The maximum Gasteiger partial charge on any atom is 0.414 e. The second-order valence-electron chi connectivity index (χ2n) is 5.02. The molecule has 0 saturated heterocycles. The molecule has 0 aliphatic rings. The van der Waals surface area contributed by atoms with E-state index in [0.717, 1.165) is 15.6 Å². The molecule has 1 amide bonds. The van der Waals surface area contributed by atoms with Gasteiger partial charge in [-0.15, -0.1) is 11.3 Å². The van der Waals surface area contributed by atoms with Crippen LogP contribution in [0.1, 0.15) is 21.7 Å². The summed E-state index contributed by atoms with van der Waals surface area (Å²) >= 11 is 1.26. The number of nitrogens with one attached hydrogen (secondary N) is 1. The standard InChI is InChI=1S/C15H16F3NO3S/c1-8-10-7-9(22-2)3-4-11(10)23-13(8)14(21)19-6-5-12(20)15(16,17)18/h3-4,7,12,20H,5-6H2,1-2H3,(H,19,21)/t12-/m0/s1. The lowest BCUT2D eigenvalue weighted by Crippen LogP contribution is -2.34. The molecule has 0 aliphatic heterocycles. The summed E-state index contributed by atoms with van der Waals surface area (Å²) in [7, 11) is 1.54. The Morgan fingerprint density at radius 2 is 2.13 bits per heavy atom. The molecule has 4 nitrogen and oxygen atoms in total. The Labute approximate surface area is 134 Å². The molecule has 0 radical (unpaired) electrons. The molecule has 2 N–H and O–H groups in total. The lowest BCUT2D eigenvalue weighted by atomic mass is 10.1. The molecular weight excluding hydrogens is 331 g/mol. The maximum absolute atomic E-state index is 12.2. The van der Waals surface area contributed by atoms with Crippen molar-refractivity contribution < 1.29 is 27.8 Å². The molecule has 0 unspecified atom stereocenters. The van der Waals surface area contributed by atoms with Gasteiger partial charge in [0.25, 0.3) is 5.91 Å². The summed E-state index contributed by atoms with van der Waals surface area (Å²) in [5.74, 6) is 0.218. The van der Waals surface area contributed by atoms with Gasteiger partial charge in [0, 0.05) is 11.2 Å².